The van der Waals surface area contributed by atoms with Gasteiger partial charge in [0.15, 0.2) is 5.84 Å². The summed E-state index contributed by atoms with van der Waals surface area (Å²) in [7, 11) is 0. The molecule has 0 aliphatic rings. The standard InChI is InChI=1S/C14H9Cl2IN4S/c1-2-20-14(21-19)12-11(9(6-18)13(17)22-12)8-4-3-7(15)5-10(8)16/h2-5H,1,19H2,(H,20,21). The maximum atomic E-state index is 9.47. The Morgan fingerprint density at radius 3 is 2.77 bits per heavy atom. The molecule has 0 radical (unpaired) electrons. The average Bonchev–Trinajstić information content (AvgIpc) is 2.81. The number of halogens is 3. The van der Waals surface area contributed by atoms with Crippen molar-refractivity contribution < 1.29 is 0 Å². The lowest BCUT2D eigenvalue weighted by Gasteiger charge is -2.09. The van der Waals surface area contributed by atoms with Gasteiger partial charge in [-0.15, -0.1) is 11.3 Å². The fraction of sp³-hybridized carbons (Fsp3) is 0. The molecule has 0 bridgehead atoms. The van der Waals surface area contributed by atoms with Crippen molar-refractivity contribution in [2.45, 2.75) is 0 Å². The molecule has 1 heterocycles. The molecule has 3 N–H and O–H groups in total. The van der Waals surface area contributed by atoms with E-state index in [1.54, 1.807) is 18.2 Å². The van der Waals surface area contributed by atoms with Crippen molar-refractivity contribution in [3.63, 3.8) is 0 Å². The lowest BCUT2D eigenvalue weighted by molar-refractivity contribution is 1.17. The van der Waals surface area contributed by atoms with Crippen molar-refractivity contribution in [3.05, 3.63) is 54.3 Å². The van der Waals surface area contributed by atoms with E-state index in [4.69, 9.17) is 29.0 Å². The second-order valence-electron chi connectivity index (χ2n) is 4.02. The zero-order valence-corrected chi connectivity index (χ0v) is 15.5. The molecule has 0 aliphatic heterocycles. The van der Waals surface area contributed by atoms with Gasteiger partial charge in [-0.3, -0.25) is 0 Å². The van der Waals surface area contributed by atoms with Crippen LogP contribution in [-0.4, -0.2) is 5.84 Å². The number of benzene rings is 1. The van der Waals surface area contributed by atoms with Gasteiger partial charge in [-0.05, 0) is 40.9 Å². The quantitative estimate of drug-likeness (QED) is 0.231. The van der Waals surface area contributed by atoms with Gasteiger partial charge in [-0.1, -0.05) is 35.8 Å². The Kier molecular flexibility index (Phi) is 5.69. The van der Waals surface area contributed by atoms with Crippen LogP contribution in [0.5, 0.6) is 0 Å². The summed E-state index contributed by atoms with van der Waals surface area (Å²) in [6, 6.07) is 7.33. The van der Waals surface area contributed by atoms with Gasteiger partial charge in [0.05, 0.1) is 13.3 Å². The predicted octanol–water partition coefficient (Wildman–Crippen LogP) is 4.55. The van der Waals surface area contributed by atoms with Crippen LogP contribution in [0, 0.1) is 14.2 Å². The first-order valence-corrected chi connectivity index (χ1v) is 8.52. The van der Waals surface area contributed by atoms with E-state index in [9.17, 15) is 5.26 Å². The van der Waals surface area contributed by atoms with Crippen molar-refractivity contribution in [1.82, 2.24) is 5.32 Å². The van der Waals surface area contributed by atoms with E-state index in [-0.39, 0.29) is 0 Å². The van der Waals surface area contributed by atoms with E-state index in [0.717, 1.165) is 2.88 Å². The van der Waals surface area contributed by atoms with Gasteiger partial charge in [0, 0.05) is 21.2 Å². The topological polar surface area (TPSA) is 74.2 Å². The molecule has 0 aliphatic carbocycles. The van der Waals surface area contributed by atoms with Crippen LogP contribution in [0.4, 0.5) is 0 Å². The minimum atomic E-state index is 0.417. The van der Waals surface area contributed by atoms with E-state index in [1.165, 1.54) is 17.5 Å². The number of amidine groups is 1. The molecular weight excluding hydrogens is 454 g/mol. The SMILES string of the molecule is C=CN/C(=N\N)c1sc(I)c(C#N)c1-c1ccc(Cl)cc1Cl. The summed E-state index contributed by atoms with van der Waals surface area (Å²) < 4.78 is 0.822. The van der Waals surface area contributed by atoms with Gasteiger partial charge in [0.25, 0.3) is 0 Å². The predicted molar refractivity (Wildman–Crippen MR) is 101 cm³/mol. The zero-order chi connectivity index (χ0) is 16.3. The maximum absolute atomic E-state index is 9.47. The number of nitriles is 1. The van der Waals surface area contributed by atoms with Crippen LogP contribution < -0.4 is 11.2 Å². The van der Waals surface area contributed by atoms with Gasteiger partial charge >= 0.3 is 0 Å². The van der Waals surface area contributed by atoms with Crippen molar-refractivity contribution >= 4 is 63.0 Å². The molecular formula is C14H9Cl2IN4S. The molecule has 0 amide bonds. The molecule has 2 aromatic rings. The second kappa shape index (κ2) is 7.33. The Morgan fingerprint density at radius 2 is 2.23 bits per heavy atom. The van der Waals surface area contributed by atoms with E-state index in [1.807, 2.05) is 0 Å². The van der Waals surface area contributed by atoms with E-state index in [2.05, 4.69) is 45.7 Å². The maximum Gasteiger partial charge on any atom is 0.167 e. The Balaban J connectivity index is 2.78. The molecule has 0 atom stereocenters. The summed E-state index contributed by atoms with van der Waals surface area (Å²) >= 11 is 15.7. The lowest BCUT2D eigenvalue weighted by atomic mass is 10.0. The third-order valence-electron chi connectivity index (χ3n) is 2.76. The Labute approximate surface area is 155 Å². The van der Waals surface area contributed by atoms with Crippen molar-refractivity contribution in [2.24, 2.45) is 10.9 Å². The Morgan fingerprint density at radius 1 is 1.50 bits per heavy atom. The summed E-state index contributed by atoms with van der Waals surface area (Å²) in [5, 5.41) is 17.1. The molecule has 112 valence electrons. The fourth-order valence-corrected chi connectivity index (χ4v) is 4.38. The number of nitrogens with two attached hydrogens (primary N) is 1. The first-order valence-electron chi connectivity index (χ1n) is 5.87. The van der Waals surface area contributed by atoms with Gasteiger partial charge in [-0.2, -0.15) is 10.4 Å². The van der Waals surface area contributed by atoms with E-state index in [0.29, 0.717) is 37.4 Å². The van der Waals surface area contributed by atoms with Gasteiger partial charge in [0.2, 0.25) is 0 Å². The molecule has 1 aromatic carbocycles. The van der Waals surface area contributed by atoms with E-state index < -0.39 is 0 Å². The minimum Gasteiger partial charge on any atom is -0.345 e. The Bertz CT molecular complexity index is 808. The van der Waals surface area contributed by atoms with Gasteiger partial charge < -0.3 is 11.2 Å². The largest absolute Gasteiger partial charge is 0.345 e. The number of nitrogens with zero attached hydrogens (tertiary/aromatic N) is 2. The molecule has 1 aromatic heterocycles. The van der Waals surface area contributed by atoms with Crippen molar-refractivity contribution in [1.29, 1.82) is 5.26 Å². The zero-order valence-electron chi connectivity index (χ0n) is 11.0. The monoisotopic (exact) mass is 462 g/mol. The van der Waals surface area contributed by atoms with Crippen LogP contribution in [-0.2, 0) is 0 Å². The minimum absolute atomic E-state index is 0.417. The third-order valence-corrected chi connectivity index (χ3v) is 5.49. The number of hydrogen-bond donors (Lipinski definition) is 2. The summed E-state index contributed by atoms with van der Waals surface area (Å²) in [5.41, 5.74) is 1.90. The number of rotatable bonds is 3. The highest BCUT2D eigenvalue weighted by atomic mass is 127. The summed E-state index contributed by atoms with van der Waals surface area (Å²) in [6.07, 6.45) is 1.47. The average molecular weight is 463 g/mol. The molecule has 0 unspecified atom stereocenters. The van der Waals surface area contributed by atoms with Crippen LogP contribution in [0.2, 0.25) is 10.0 Å². The van der Waals surface area contributed by atoms with Crippen molar-refractivity contribution in [3.8, 4) is 17.2 Å². The molecule has 8 heteroatoms. The molecule has 22 heavy (non-hydrogen) atoms. The lowest BCUT2D eigenvalue weighted by Crippen LogP contribution is -2.19. The summed E-state index contributed by atoms with van der Waals surface area (Å²) in [5.74, 6) is 5.86. The Hall–Kier alpha value is -1.27. The van der Waals surface area contributed by atoms with Crippen LogP contribution >= 0.6 is 57.1 Å². The summed E-state index contributed by atoms with van der Waals surface area (Å²) in [6.45, 7) is 3.60. The number of hydrazone groups is 1. The highest BCUT2D eigenvalue weighted by molar-refractivity contribution is 14.1. The van der Waals surface area contributed by atoms with Crippen molar-refractivity contribution in [2.75, 3.05) is 0 Å². The van der Waals surface area contributed by atoms with E-state index >= 15 is 0 Å². The smallest absolute Gasteiger partial charge is 0.167 e. The van der Waals surface area contributed by atoms with Crippen LogP contribution in [0.15, 0.2) is 36.1 Å². The fourth-order valence-electron chi connectivity index (χ4n) is 1.88. The number of nitrogens with one attached hydrogen (secondary N) is 1. The summed E-state index contributed by atoms with van der Waals surface area (Å²) in [4.78, 5) is 0.715. The number of thiophene rings is 1. The second-order valence-corrected chi connectivity index (χ2v) is 7.69. The van der Waals surface area contributed by atoms with Gasteiger partial charge in [-0.25, -0.2) is 0 Å². The van der Waals surface area contributed by atoms with Crippen LogP contribution in [0.25, 0.3) is 11.1 Å². The molecule has 4 nitrogen and oxygen atoms in total. The molecule has 0 spiro atoms. The highest BCUT2D eigenvalue weighted by Gasteiger charge is 2.23. The number of hydrogen-bond acceptors (Lipinski definition) is 4. The first-order chi connectivity index (χ1) is 10.5. The molecule has 0 saturated carbocycles. The van der Waals surface area contributed by atoms with Crippen LogP contribution in [0.3, 0.4) is 0 Å². The van der Waals surface area contributed by atoms with Gasteiger partial charge in [0.1, 0.15) is 6.07 Å². The van der Waals surface area contributed by atoms with Crippen LogP contribution in [0.1, 0.15) is 10.4 Å². The molecule has 0 fully saturated rings. The molecule has 0 saturated heterocycles. The first kappa shape index (κ1) is 17.1. The normalized spacial score (nSPS) is 11.1. The highest BCUT2D eigenvalue weighted by Crippen LogP contribution is 2.41. The molecule has 2 rings (SSSR count). The third kappa shape index (κ3) is 3.22.